The first kappa shape index (κ1) is 19.6. The van der Waals surface area contributed by atoms with Crippen LogP contribution >= 0.6 is 11.8 Å². The number of benzene rings is 2. The Labute approximate surface area is 166 Å². The Bertz CT molecular complexity index is 983. The molecule has 2 aromatic carbocycles. The van der Waals surface area contributed by atoms with E-state index in [1.807, 2.05) is 24.3 Å². The molecule has 8 heteroatoms. The molecular weight excluding hydrogens is 378 g/mol. The van der Waals surface area contributed by atoms with E-state index in [0.717, 1.165) is 10.5 Å². The first-order valence-corrected chi connectivity index (χ1v) is 9.44. The number of nitrogens with zero attached hydrogens (tertiary/aromatic N) is 2. The van der Waals surface area contributed by atoms with Crippen LogP contribution in [0.5, 0.6) is 0 Å². The summed E-state index contributed by atoms with van der Waals surface area (Å²) in [5.41, 5.74) is 1.49. The molecule has 7 nitrogen and oxygen atoms in total. The van der Waals surface area contributed by atoms with E-state index in [4.69, 9.17) is 4.42 Å². The van der Waals surface area contributed by atoms with Crippen molar-refractivity contribution in [1.82, 2.24) is 10.2 Å². The number of nitrogens with one attached hydrogen (secondary N) is 1. The number of methoxy groups -OCH3 is 1. The fourth-order valence-electron chi connectivity index (χ4n) is 2.41. The van der Waals surface area contributed by atoms with Crippen LogP contribution in [0.25, 0.3) is 11.5 Å². The lowest BCUT2D eigenvalue weighted by Gasteiger charge is -2.05. The molecule has 1 N–H and O–H groups in total. The van der Waals surface area contributed by atoms with E-state index < -0.39 is 11.9 Å². The third kappa shape index (κ3) is 4.77. The van der Waals surface area contributed by atoms with Crippen LogP contribution in [0.4, 0.5) is 6.01 Å². The largest absolute Gasteiger partial charge is 0.465 e. The smallest absolute Gasteiger partial charge is 0.337 e. The van der Waals surface area contributed by atoms with E-state index >= 15 is 0 Å². The number of esters is 1. The number of hydrogen-bond acceptors (Lipinski definition) is 7. The average Bonchev–Trinajstić information content (AvgIpc) is 3.15. The Balaban J connectivity index is 1.70. The van der Waals surface area contributed by atoms with Crippen molar-refractivity contribution in [3.8, 4) is 11.5 Å². The van der Waals surface area contributed by atoms with Gasteiger partial charge in [0, 0.05) is 21.3 Å². The molecular formula is C20H19N3O4S. The molecule has 0 fully saturated rings. The highest BCUT2D eigenvalue weighted by Crippen LogP contribution is 2.28. The van der Waals surface area contributed by atoms with E-state index in [1.165, 1.54) is 31.4 Å². The zero-order valence-electron chi connectivity index (χ0n) is 15.6. The summed E-state index contributed by atoms with van der Waals surface area (Å²) in [6.45, 7) is 4.24. The lowest BCUT2D eigenvalue weighted by atomic mass is 10.1. The zero-order valence-corrected chi connectivity index (χ0v) is 16.4. The minimum Gasteiger partial charge on any atom is -0.465 e. The van der Waals surface area contributed by atoms with Gasteiger partial charge >= 0.3 is 12.0 Å². The maximum absolute atomic E-state index is 12.3. The molecule has 1 heterocycles. The third-order valence-corrected chi connectivity index (χ3v) is 4.66. The number of aromatic nitrogens is 2. The Morgan fingerprint density at radius 2 is 1.79 bits per heavy atom. The van der Waals surface area contributed by atoms with E-state index in [2.05, 4.69) is 34.1 Å². The molecule has 0 atom stereocenters. The van der Waals surface area contributed by atoms with Gasteiger partial charge in [-0.2, -0.15) is 0 Å². The number of carbonyl (C=O) groups excluding carboxylic acids is 2. The van der Waals surface area contributed by atoms with Crippen molar-refractivity contribution in [3.63, 3.8) is 0 Å². The van der Waals surface area contributed by atoms with Crippen LogP contribution in [0.3, 0.4) is 0 Å². The Morgan fingerprint density at radius 1 is 1.07 bits per heavy atom. The quantitative estimate of drug-likeness (QED) is 0.490. The van der Waals surface area contributed by atoms with Gasteiger partial charge in [-0.1, -0.05) is 25.0 Å². The molecule has 0 saturated heterocycles. The first-order valence-electron chi connectivity index (χ1n) is 8.56. The molecule has 0 unspecified atom stereocenters. The van der Waals surface area contributed by atoms with Crippen molar-refractivity contribution >= 4 is 29.7 Å². The standard InChI is InChI=1S/C20H19N3O4S/c1-12(2)28-16-6-4-5-15(11-16)18-22-23-20(27-18)21-17(24)13-7-9-14(10-8-13)19(25)26-3/h4-12H,1-3H3,(H,21,23,24). The minimum absolute atomic E-state index is 0.000963. The molecule has 0 aliphatic carbocycles. The van der Waals surface area contributed by atoms with Crippen molar-refractivity contribution in [2.75, 3.05) is 12.4 Å². The number of amides is 1. The van der Waals surface area contributed by atoms with Gasteiger partial charge in [0.05, 0.1) is 12.7 Å². The number of hydrogen-bond donors (Lipinski definition) is 1. The molecule has 0 saturated carbocycles. The van der Waals surface area contributed by atoms with Crippen LogP contribution in [0.1, 0.15) is 34.6 Å². The van der Waals surface area contributed by atoms with Crippen molar-refractivity contribution in [3.05, 3.63) is 59.7 Å². The summed E-state index contributed by atoms with van der Waals surface area (Å²) in [4.78, 5) is 24.9. The minimum atomic E-state index is -0.466. The van der Waals surface area contributed by atoms with Gasteiger partial charge in [0.1, 0.15) is 0 Å². The van der Waals surface area contributed by atoms with Gasteiger partial charge in [0.15, 0.2) is 0 Å². The van der Waals surface area contributed by atoms with E-state index in [1.54, 1.807) is 11.8 Å². The van der Waals surface area contributed by atoms with Crippen molar-refractivity contribution in [2.45, 2.75) is 24.0 Å². The zero-order chi connectivity index (χ0) is 20.1. The molecule has 3 aromatic rings. The highest BCUT2D eigenvalue weighted by atomic mass is 32.2. The molecule has 0 bridgehead atoms. The summed E-state index contributed by atoms with van der Waals surface area (Å²) in [6, 6.07) is 13.8. The second-order valence-corrected chi connectivity index (χ2v) is 7.78. The predicted molar refractivity (Wildman–Crippen MR) is 106 cm³/mol. The molecule has 0 aliphatic rings. The second-order valence-electron chi connectivity index (χ2n) is 6.13. The highest BCUT2D eigenvalue weighted by Gasteiger charge is 2.14. The van der Waals surface area contributed by atoms with Crippen molar-refractivity contribution < 1.29 is 18.7 Å². The van der Waals surface area contributed by atoms with Gasteiger partial charge < -0.3 is 9.15 Å². The van der Waals surface area contributed by atoms with Crippen LogP contribution in [0.2, 0.25) is 0 Å². The monoisotopic (exact) mass is 397 g/mol. The molecule has 3 rings (SSSR count). The molecule has 28 heavy (non-hydrogen) atoms. The van der Waals surface area contributed by atoms with Crippen LogP contribution in [0, 0.1) is 0 Å². The SMILES string of the molecule is COC(=O)c1ccc(C(=O)Nc2nnc(-c3cccc(SC(C)C)c3)o2)cc1. The molecule has 0 spiro atoms. The van der Waals surface area contributed by atoms with Crippen LogP contribution in [0.15, 0.2) is 57.8 Å². The second kappa shape index (κ2) is 8.71. The van der Waals surface area contributed by atoms with Crippen molar-refractivity contribution in [1.29, 1.82) is 0 Å². The third-order valence-electron chi connectivity index (χ3n) is 3.67. The summed E-state index contributed by atoms with van der Waals surface area (Å²) in [7, 11) is 1.30. The number of carbonyl (C=O) groups is 2. The lowest BCUT2D eigenvalue weighted by molar-refractivity contribution is 0.0600. The summed E-state index contributed by atoms with van der Waals surface area (Å²) in [5.74, 6) is -0.565. The predicted octanol–water partition coefficient (Wildman–Crippen LogP) is 4.28. The Hall–Kier alpha value is -3.13. The molecule has 0 radical (unpaired) electrons. The molecule has 0 aliphatic heterocycles. The normalized spacial score (nSPS) is 10.7. The number of thioether (sulfide) groups is 1. The summed E-state index contributed by atoms with van der Waals surface area (Å²) in [5, 5.41) is 10.9. The van der Waals surface area contributed by atoms with E-state index in [9.17, 15) is 9.59 Å². The van der Waals surface area contributed by atoms with Crippen LogP contribution in [-0.4, -0.2) is 34.4 Å². The van der Waals surface area contributed by atoms with Gasteiger partial charge in [0.2, 0.25) is 5.89 Å². The summed E-state index contributed by atoms with van der Waals surface area (Å²) < 4.78 is 10.2. The molecule has 1 amide bonds. The maximum atomic E-state index is 12.3. The van der Waals surface area contributed by atoms with Gasteiger partial charge in [-0.3, -0.25) is 10.1 Å². The fourth-order valence-corrected chi connectivity index (χ4v) is 3.31. The van der Waals surface area contributed by atoms with Gasteiger partial charge in [0.25, 0.3) is 5.91 Å². The lowest BCUT2D eigenvalue weighted by Crippen LogP contribution is -2.12. The van der Waals surface area contributed by atoms with Crippen LogP contribution < -0.4 is 5.32 Å². The first-order chi connectivity index (χ1) is 13.5. The van der Waals surface area contributed by atoms with Gasteiger partial charge in [-0.25, -0.2) is 4.79 Å². The average molecular weight is 397 g/mol. The Morgan fingerprint density at radius 3 is 2.46 bits per heavy atom. The number of ether oxygens (including phenoxy) is 1. The summed E-state index contributed by atoms with van der Waals surface area (Å²) in [6.07, 6.45) is 0. The number of rotatable bonds is 6. The van der Waals surface area contributed by atoms with E-state index in [-0.39, 0.29) is 6.01 Å². The van der Waals surface area contributed by atoms with Crippen molar-refractivity contribution in [2.24, 2.45) is 0 Å². The number of anilines is 1. The molecule has 1 aromatic heterocycles. The van der Waals surface area contributed by atoms with Gasteiger partial charge in [-0.15, -0.1) is 16.9 Å². The maximum Gasteiger partial charge on any atom is 0.337 e. The van der Waals surface area contributed by atoms with Gasteiger partial charge in [-0.05, 0) is 42.5 Å². The highest BCUT2D eigenvalue weighted by molar-refractivity contribution is 7.99. The fraction of sp³-hybridized carbons (Fsp3) is 0.200. The van der Waals surface area contributed by atoms with Crippen LogP contribution in [-0.2, 0) is 4.74 Å². The topological polar surface area (TPSA) is 94.3 Å². The molecule has 144 valence electrons. The van der Waals surface area contributed by atoms with E-state index in [0.29, 0.717) is 22.3 Å². The Kier molecular flexibility index (Phi) is 6.10. The summed E-state index contributed by atoms with van der Waals surface area (Å²) >= 11 is 1.73.